The Morgan fingerprint density at radius 3 is 3.04 bits per heavy atom. The SMILES string of the molecule is CCNC(=NCCCOCC1CCOC1)N1CCN(c2cnn(C)c2)C(=O)C1. The van der Waals surface area contributed by atoms with Crippen molar-refractivity contribution in [3.05, 3.63) is 12.4 Å². The molecule has 0 radical (unpaired) electrons. The Morgan fingerprint density at radius 2 is 2.36 bits per heavy atom. The van der Waals surface area contributed by atoms with Gasteiger partial charge in [-0.3, -0.25) is 14.5 Å². The van der Waals surface area contributed by atoms with Gasteiger partial charge in [0.05, 0.1) is 25.1 Å². The number of aryl methyl sites for hydroxylation is 1. The Labute approximate surface area is 166 Å². The van der Waals surface area contributed by atoms with E-state index in [1.165, 1.54) is 0 Å². The molecule has 2 aliphatic heterocycles. The van der Waals surface area contributed by atoms with E-state index in [1.54, 1.807) is 15.8 Å². The zero-order chi connectivity index (χ0) is 19.8. The van der Waals surface area contributed by atoms with Crippen LogP contribution < -0.4 is 10.2 Å². The molecule has 1 N–H and O–H groups in total. The van der Waals surface area contributed by atoms with Crippen molar-refractivity contribution in [2.75, 3.05) is 64.1 Å². The summed E-state index contributed by atoms with van der Waals surface area (Å²) in [5.41, 5.74) is 0.846. The summed E-state index contributed by atoms with van der Waals surface area (Å²) in [5.74, 6) is 1.40. The monoisotopic (exact) mass is 392 g/mol. The first-order valence-electron chi connectivity index (χ1n) is 10.1. The van der Waals surface area contributed by atoms with Crippen molar-refractivity contribution in [2.45, 2.75) is 19.8 Å². The second-order valence-corrected chi connectivity index (χ2v) is 7.23. The maximum absolute atomic E-state index is 12.6. The predicted octanol–water partition coefficient (Wildman–Crippen LogP) is 0.477. The van der Waals surface area contributed by atoms with Gasteiger partial charge in [0.2, 0.25) is 5.91 Å². The Balaban J connectivity index is 1.43. The van der Waals surface area contributed by atoms with Crippen LogP contribution in [0.5, 0.6) is 0 Å². The summed E-state index contributed by atoms with van der Waals surface area (Å²) in [6, 6.07) is 0. The number of carbonyl (C=O) groups is 1. The zero-order valence-corrected chi connectivity index (χ0v) is 17.0. The highest BCUT2D eigenvalue weighted by molar-refractivity contribution is 5.98. The van der Waals surface area contributed by atoms with Gasteiger partial charge in [-0.2, -0.15) is 5.10 Å². The number of hydrogen-bond acceptors (Lipinski definition) is 5. The molecule has 1 unspecified atom stereocenters. The molecule has 2 aliphatic rings. The van der Waals surface area contributed by atoms with Crippen LogP contribution in [0.4, 0.5) is 5.69 Å². The van der Waals surface area contributed by atoms with Gasteiger partial charge in [-0.1, -0.05) is 0 Å². The topological polar surface area (TPSA) is 84.2 Å². The Morgan fingerprint density at radius 1 is 1.46 bits per heavy atom. The lowest BCUT2D eigenvalue weighted by atomic mass is 10.1. The van der Waals surface area contributed by atoms with E-state index in [-0.39, 0.29) is 5.91 Å². The first-order chi connectivity index (χ1) is 13.7. The fraction of sp³-hybridized carbons (Fsp3) is 0.737. The van der Waals surface area contributed by atoms with E-state index in [1.807, 2.05) is 25.1 Å². The Bertz CT molecular complexity index is 656. The maximum atomic E-state index is 12.6. The van der Waals surface area contributed by atoms with Gasteiger partial charge in [0.1, 0.15) is 6.54 Å². The summed E-state index contributed by atoms with van der Waals surface area (Å²) < 4.78 is 12.8. The number of hydrogen-bond donors (Lipinski definition) is 1. The maximum Gasteiger partial charge on any atom is 0.246 e. The van der Waals surface area contributed by atoms with Crippen LogP contribution in [-0.4, -0.2) is 85.7 Å². The summed E-state index contributed by atoms with van der Waals surface area (Å²) in [4.78, 5) is 21.1. The van der Waals surface area contributed by atoms with E-state index >= 15 is 0 Å². The van der Waals surface area contributed by atoms with E-state index in [0.717, 1.165) is 57.4 Å². The minimum absolute atomic E-state index is 0.0620. The molecule has 1 aromatic heterocycles. The average molecular weight is 393 g/mol. The molecule has 0 saturated carbocycles. The number of ether oxygens (including phenoxy) is 2. The number of aliphatic imine (C=N–C) groups is 1. The van der Waals surface area contributed by atoms with Crippen LogP contribution in [0.1, 0.15) is 19.8 Å². The molecule has 1 atom stereocenters. The molecule has 1 aromatic rings. The lowest BCUT2D eigenvalue weighted by molar-refractivity contribution is -0.120. The summed E-state index contributed by atoms with van der Waals surface area (Å²) >= 11 is 0. The molecule has 9 heteroatoms. The van der Waals surface area contributed by atoms with Crippen molar-refractivity contribution in [1.29, 1.82) is 0 Å². The molecule has 2 fully saturated rings. The van der Waals surface area contributed by atoms with Gasteiger partial charge in [-0.05, 0) is 19.8 Å². The van der Waals surface area contributed by atoms with Crippen LogP contribution in [0.2, 0.25) is 0 Å². The summed E-state index contributed by atoms with van der Waals surface area (Å²) in [6.45, 7) is 8.33. The van der Waals surface area contributed by atoms with E-state index in [4.69, 9.17) is 9.47 Å². The lowest BCUT2D eigenvalue weighted by Gasteiger charge is -2.35. The molecule has 3 rings (SSSR count). The first-order valence-corrected chi connectivity index (χ1v) is 10.1. The quantitative estimate of drug-likeness (QED) is 0.394. The van der Waals surface area contributed by atoms with Crippen molar-refractivity contribution in [3.8, 4) is 0 Å². The molecule has 156 valence electrons. The van der Waals surface area contributed by atoms with Crippen molar-refractivity contribution in [2.24, 2.45) is 18.0 Å². The first kappa shape index (κ1) is 20.6. The molecule has 0 aromatic carbocycles. The number of anilines is 1. The standard InChI is InChI=1S/C19H32N6O3/c1-3-20-19(21-6-4-9-27-14-16-5-10-28-15-16)24-7-8-25(18(26)13-24)17-11-22-23(2)12-17/h11-12,16H,3-10,13-15H2,1-2H3,(H,20,21). The number of nitrogens with one attached hydrogen (secondary N) is 1. The normalized spacial score (nSPS) is 20.9. The third-order valence-electron chi connectivity index (χ3n) is 4.94. The van der Waals surface area contributed by atoms with Gasteiger partial charge in [0, 0.05) is 58.6 Å². The largest absolute Gasteiger partial charge is 0.381 e. The fourth-order valence-corrected chi connectivity index (χ4v) is 3.42. The van der Waals surface area contributed by atoms with E-state index in [0.29, 0.717) is 32.2 Å². The predicted molar refractivity (Wildman–Crippen MR) is 107 cm³/mol. The molecule has 9 nitrogen and oxygen atoms in total. The van der Waals surface area contributed by atoms with E-state index in [9.17, 15) is 4.79 Å². The Hall–Kier alpha value is -2.13. The van der Waals surface area contributed by atoms with Crippen molar-refractivity contribution in [1.82, 2.24) is 20.0 Å². The number of rotatable bonds is 8. The van der Waals surface area contributed by atoms with Gasteiger partial charge in [-0.25, -0.2) is 0 Å². The van der Waals surface area contributed by atoms with Gasteiger partial charge in [0.25, 0.3) is 0 Å². The molecular weight excluding hydrogens is 360 g/mol. The highest BCUT2D eigenvalue weighted by Crippen LogP contribution is 2.16. The Kier molecular flexibility index (Phi) is 7.67. The molecule has 3 heterocycles. The number of guanidine groups is 1. The minimum Gasteiger partial charge on any atom is -0.381 e. The second-order valence-electron chi connectivity index (χ2n) is 7.23. The van der Waals surface area contributed by atoms with Crippen LogP contribution in [0.25, 0.3) is 0 Å². The smallest absolute Gasteiger partial charge is 0.246 e. The highest BCUT2D eigenvalue weighted by atomic mass is 16.5. The number of piperazine rings is 1. The van der Waals surface area contributed by atoms with Gasteiger partial charge < -0.3 is 24.6 Å². The molecule has 0 bridgehead atoms. The molecule has 1 amide bonds. The van der Waals surface area contributed by atoms with Crippen LogP contribution in [0.3, 0.4) is 0 Å². The van der Waals surface area contributed by atoms with E-state index < -0.39 is 0 Å². The van der Waals surface area contributed by atoms with Crippen LogP contribution >= 0.6 is 0 Å². The molecule has 2 saturated heterocycles. The third kappa shape index (κ3) is 5.68. The number of nitrogens with zero attached hydrogens (tertiary/aromatic N) is 5. The van der Waals surface area contributed by atoms with Gasteiger partial charge in [0.15, 0.2) is 5.96 Å². The lowest BCUT2D eigenvalue weighted by Crippen LogP contribution is -2.55. The third-order valence-corrected chi connectivity index (χ3v) is 4.94. The van der Waals surface area contributed by atoms with Crippen LogP contribution in [0.15, 0.2) is 17.4 Å². The molecule has 0 spiro atoms. The molecule has 28 heavy (non-hydrogen) atoms. The summed E-state index contributed by atoms with van der Waals surface area (Å²) in [5, 5.41) is 7.45. The average Bonchev–Trinajstić information content (AvgIpc) is 3.35. The van der Waals surface area contributed by atoms with E-state index in [2.05, 4.69) is 15.4 Å². The van der Waals surface area contributed by atoms with Gasteiger partial charge >= 0.3 is 0 Å². The summed E-state index contributed by atoms with van der Waals surface area (Å²) in [7, 11) is 1.85. The number of amides is 1. The zero-order valence-electron chi connectivity index (χ0n) is 17.0. The minimum atomic E-state index is 0.0620. The van der Waals surface area contributed by atoms with Crippen LogP contribution in [0, 0.1) is 5.92 Å². The fourth-order valence-electron chi connectivity index (χ4n) is 3.42. The number of carbonyl (C=O) groups excluding carboxylic acids is 1. The van der Waals surface area contributed by atoms with Gasteiger partial charge in [-0.15, -0.1) is 0 Å². The second kappa shape index (κ2) is 10.4. The highest BCUT2D eigenvalue weighted by Gasteiger charge is 2.27. The van der Waals surface area contributed by atoms with Crippen molar-refractivity contribution >= 4 is 17.6 Å². The van der Waals surface area contributed by atoms with Crippen LogP contribution in [-0.2, 0) is 21.3 Å². The number of aromatic nitrogens is 2. The van der Waals surface area contributed by atoms with Crippen molar-refractivity contribution < 1.29 is 14.3 Å². The molecule has 0 aliphatic carbocycles. The molecular formula is C19H32N6O3. The van der Waals surface area contributed by atoms with Crippen molar-refractivity contribution in [3.63, 3.8) is 0 Å². The summed E-state index contributed by atoms with van der Waals surface area (Å²) in [6.07, 6.45) is 5.56.